The molecule has 18 heavy (non-hydrogen) atoms. The van der Waals surface area contributed by atoms with Crippen molar-refractivity contribution in [3.8, 4) is 0 Å². The summed E-state index contributed by atoms with van der Waals surface area (Å²) in [6, 6.07) is 5.88. The van der Waals surface area contributed by atoms with Crippen LogP contribution in [-0.2, 0) is 12.4 Å². The summed E-state index contributed by atoms with van der Waals surface area (Å²) in [5.41, 5.74) is 1.93. The van der Waals surface area contributed by atoms with Gasteiger partial charge in [0.25, 0.3) is 0 Å². The van der Waals surface area contributed by atoms with E-state index in [0.717, 1.165) is 29.2 Å². The molecule has 0 saturated heterocycles. The van der Waals surface area contributed by atoms with E-state index in [-0.39, 0.29) is 0 Å². The molecule has 0 saturated carbocycles. The Labute approximate surface area is 122 Å². The fourth-order valence-electron chi connectivity index (χ4n) is 2.12. The fourth-order valence-corrected chi connectivity index (χ4v) is 3.21. The van der Waals surface area contributed by atoms with Gasteiger partial charge in [-0.25, -0.2) is 4.98 Å². The Morgan fingerprint density at radius 3 is 2.89 bits per heavy atom. The Hall–Kier alpha value is -0.380. The van der Waals surface area contributed by atoms with Crippen molar-refractivity contribution < 1.29 is 0 Å². The lowest BCUT2D eigenvalue weighted by atomic mass is 10.2. The lowest BCUT2D eigenvalue weighted by Gasteiger charge is -2.13. The van der Waals surface area contributed by atoms with Crippen LogP contribution in [0.15, 0.2) is 18.2 Å². The molecule has 2 rings (SSSR count). The van der Waals surface area contributed by atoms with E-state index < -0.39 is 0 Å². The number of alkyl halides is 1. The number of rotatable bonds is 5. The van der Waals surface area contributed by atoms with E-state index >= 15 is 0 Å². The number of thioether (sulfide) groups is 1. The third-order valence-corrected chi connectivity index (χ3v) is 4.32. The minimum Gasteiger partial charge on any atom is -0.327 e. The summed E-state index contributed by atoms with van der Waals surface area (Å²) in [5, 5.41) is 0.690. The quantitative estimate of drug-likeness (QED) is 0.761. The highest BCUT2D eigenvalue weighted by Crippen LogP contribution is 2.25. The van der Waals surface area contributed by atoms with Gasteiger partial charge in [-0.3, -0.25) is 0 Å². The number of benzene rings is 1. The van der Waals surface area contributed by atoms with Crippen LogP contribution in [0.25, 0.3) is 11.0 Å². The molecular weight excluding hydrogens is 287 g/mol. The Balaban J connectivity index is 2.44. The molecule has 1 aromatic heterocycles. The number of nitrogens with zero attached hydrogens (tertiary/aromatic N) is 2. The van der Waals surface area contributed by atoms with Crippen molar-refractivity contribution in [3.63, 3.8) is 0 Å². The molecule has 0 amide bonds. The second-order valence-corrected chi connectivity index (χ2v) is 6.03. The smallest absolute Gasteiger partial charge is 0.124 e. The Bertz CT molecular complexity index is 539. The van der Waals surface area contributed by atoms with Crippen LogP contribution in [0.4, 0.5) is 0 Å². The first-order chi connectivity index (χ1) is 8.67. The molecule has 98 valence electrons. The summed E-state index contributed by atoms with van der Waals surface area (Å²) in [6.45, 7) is 3.17. The predicted octanol–water partition coefficient (Wildman–Crippen LogP) is 4.43. The van der Waals surface area contributed by atoms with Crippen LogP contribution in [-0.4, -0.2) is 21.6 Å². The van der Waals surface area contributed by atoms with Gasteiger partial charge in [-0.1, -0.05) is 24.6 Å². The number of hydrogen-bond donors (Lipinski definition) is 0. The second-order valence-electron chi connectivity index (χ2n) is 4.44. The monoisotopic (exact) mass is 302 g/mol. The lowest BCUT2D eigenvalue weighted by molar-refractivity contribution is 0.530. The average Bonchev–Trinajstić information content (AvgIpc) is 2.69. The van der Waals surface area contributed by atoms with Gasteiger partial charge in [0, 0.05) is 6.54 Å². The highest BCUT2D eigenvalue weighted by molar-refractivity contribution is 7.98. The van der Waals surface area contributed by atoms with Gasteiger partial charge in [-0.05, 0) is 30.1 Å². The minimum atomic E-state index is 0.414. The first-order valence-corrected chi connectivity index (χ1v) is 8.16. The van der Waals surface area contributed by atoms with E-state index in [1.165, 1.54) is 0 Å². The maximum Gasteiger partial charge on any atom is 0.124 e. The number of fused-ring (bicyclic) bond motifs is 1. The third-order valence-electron chi connectivity index (χ3n) is 2.87. The van der Waals surface area contributed by atoms with Crippen LogP contribution in [0.2, 0.25) is 5.02 Å². The van der Waals surface area contributed by atoms with Gasteiger partial charge in [0.1, 0.15) is 11.3 Å². The molecule has 0 spiro atoms. The highest BCUT2D eigenvalue weighted by atomic mass is 35.5. The highest BCUT2D eigenvalue weighted by Gasteiger charge is 2.14. The van der Waals surface area contributed by atoms with E-state index in [1.54, 1.807) is 0 Å². The summed E-state index contributed by atoms with van der Waals surface area (Å²) < 4.78 is 2.19. The molecule has 2 aromatic rings. The summed E-state index contributed by atoms with van der Waals surface area (Å²) in [6.07, 6.45) is 2.13. The zero-order valence-electron chi connectivity index (χ0n) is 10.5. The summed E-state index contributed by atoms with van der Waals surface area (Å²) in [4.78, 5) is 4.54. The molecule has 0 aliphatic rings. The van der Waals surface area contributed by atoms with Crippen molar-refractivity contribution in [2.24, 2.45) is 5.92 Å². The van der Waals surface area contributed by atoms with Crippen molar-refractivity contribution in [3.05, 3.63) is 29.0 Å². The number of hydrogen-bond acceptors (Lipinski definition) is 2. The zero-order chi connectivity index (χ0) is 13.1. The third kappa shape index (κ3) is 2.79. The Morgan fingerprint density at radius 2 is 2.22 bits per heavy atom. The van der Waals surface area contributed by atoms with Gasteiger partial charge in [0.2, 0.25) is 0 Å². The largest absolute Gasteiger partial charge is 0.327 e. The fraction of sp³-hybridized carbons (Fsp3) is 0.462. The van der Waals surface area contributed by atoms with Crippen LogP contribution < -0.4 is 0 Å². The molecule has 0 fully saturated rings. The predicted molar refractivity (Wildman–Crippen MR) is 81.8 cm³/mol. The number of para-hydroxylation sites is 1. The van der Waals surface area contributed by atoms with Crippen molar-refractivity contribution in [1.82, 2.24) is 9.55 Å². The molecule has 1 heterocycles. The SMILES string of the molecule is CSCC(C)Cn1c(CCl)nc2c(Cl)cccc21. The van der Waals surface area contributed by atoms with E-state index in [2.05, 4.69) is 28.8 Å². The summed E-state index contributed by atoms with van der Waals surface area (Å²) in [7, 11) is 0. The van der Waals surface area contributed by atoms with Gasteiger partial charge in [-0.2, -0.15) is 11.8 Å². The normalized spacial score (nSPS) is 13.1. The van der Waals surface area contributed by atoms with E-state index in [0.29, 0.717) is 16.8 Å². The topological polar surface area (TPSA) is 17.8 Å². The second kappa shape index (κ2) is 6.18. The molecule has 0 N–H and O–H groups in total. The van der Waals surface area contributed by atoms with E-state index in [4.69, 9.17) is 23.2 Å². The van der Waals surface area contributed by atoms with Crippen molar-refractivity contribution >= 4 is 46.0 Å². The lowest BCUT2D eigenvalue weighted by Crippen LogP contribution is -2.11. The van der Waals surface area contributed by atoms with E-state index in [1.807, 2.05) is 23.9 Å². The molecule has 0 aliphatic heterocycles. The van der Waals surface area contributed by atoms with Crippen molar-refractivity contribution in [2.75, 3.05) is 12.0 Å². The molecule has 5 heteroatoms. The number of aromatic nitrogens is 2. The van der Waals surface area contributed by atoms with Gasteiger partial charge in [0.15, 0.2) is 0 Å². The molecule has 2 nitrogen and oxygen atoms in total. The Kier molecular flexibility index (Phi) is 4.82. The van der Waals surface area contributed by atoms with Crippen LogP contribution in [0.3, 0.4) is 0 Å². The van der Waals surface area contributed by atoms with Crippen LogP contribution in [0.1, 0.15) is 12.7 Å². The van der Waals surface area contributed by atoms with Gasteiger partial charge >= 0.3 is 0 Å². The van der Waals surface area contributed by atoms with E-state index in [9.17, 15) is 0 Å². The van der Waals surface area contributed by atoms with Crippen LogP contribution in [0.5, 0.6) is 0 Å². The van der Waals surface area contributed by atoms with Crippen LogP contribution in [0, 0.1) is 5.92 Å². The average molecular weight is 303 g/mol. The van der Waals surface area contributed by atoms with Gasteiger partial charge in [0.05, 0.1) is 16.4 Å². The van der Waals surface area contributed by atoms with Crippen molar-refractivity contribution in [2.45, 2.75) is 19.3 Å². The van der Waals surface area contributed by atoms with Gasteiger partial charge in [-0.15, -0.1) is 11.6 Å². The first kappa shape index (κ1) is 14.0. The molecule has 1 aromatic carbocycles. The molecule has 0 bridgehead atoms. The number of imidazole rings is 1. The molecule has 1 atom stereocenters. The molecule has 1 unspecified atom stereocenters. The number of halogens is 2. The molecule has 0 radical (unpaired) electrons. The van der Waals surface area contributed by atoms with Crippen LogP contribution >= 0.6 is 35.0 Å². The van der Waals surface area contributed by atoms with Crippen molar-refractivity contribution in [1.29, 1.82) is 0 Å². The minimum absolute atomic E-state index is 0.414. The summed E-state index contributed by atoms with van der Waals surface area (Å²) >= 11 is 14.0. The summed E-state index contributed by atoms with van der Waals surface area (Å²) in [5.74, 6) is 3.02. The zero-order valence-corrected chi connectivity index (χ0v) is 12.8. The maximum atomic E-state index is 6.17. The standard InChI is InChI=1S/C13H16Cl2N2S/c1-9(8-18-2)7-17-11-5-3-4-10(15)13(11)16-12(17)6-14/h3-5,9H,6-8H2,1-2H3. The molecule has 0 aliphatic carbocycles. The first-order valence-electron chi connectivity index (χ1n) is 5.86. The Morgan fingerprint density at radius 1 is 1.44 bits per heavy atom. The van der Waals surface area contributed by atoms with Gasteiger partial charge < -0.3 is 4.57 Å². The maximum absolute atomic E-state index is 6.17. The molecular formula is C13H16Cl2N2S.